The molecule has 1 aliphatic rings. The number of halogens is 1. The quantitative estimate of drug-likeness (QED) is 0.841. The Bertz CT molecular complexity index is 630. The van der Waals surface area contributed by atoms with Crippen molar-refractivity contribution in [2.45, 2.75) is 6.42 Å². The molecule has 1 fully saturated rings. The van der Waals surface area contributed by atoms with Crippen molar-refractivity contribution in [1.29, 1.82) is 0 Å². The van der Waals surface area contributed by atoms with Crippen LogP contribution < -0.4 is 9.64 Å². The minimum absolute atomic E-state index is 0.357. The topological polar surface area (TPSA) is 41.5 Å². The highest BCUT2D eigenvalue weighted by molar-refractivity contribution is 6.32. The van der Waals surface area contributed by atoms with Crippen LogP contribution in [0.25, 0.3) is 0 Å². The van der Waals surface area contributed by atoms with Crippen molar-refractivity contribution in [3.05, 3.63) is 47.1 Å². The van der Waals surface area contributed by atoms with Crippen molar-refractivity contribution in [2.75, 3.05) is 44.7 Å². The molecule has 1 aromatic heterocycles. The highest BCUT2D eigenvalue weighted by Gasteiger charge is 2.20. The Morgan fingerprint density at radius 2 is 1.87 bits per heavy atom. The van der Waals surface area contributed by atoms with Crippen LogP contribution in [-0.4, -0.2) is 54.7 Å². The molecule has 0 aliphatic carbocycles. The maximum absolute atomic E-state index is 6.23. The van der Waals surface area contributed by atoms with Gasteiger partial charge in [0.25, 0.3) is 0 Å². The molecule has 0 unspecified atom stereocenters. The monoisotopic (exact) mass is 332 g/mol. The van der Waals surface area contributed by atoms with Crippen LogP contribution in [0.3, 0.4) is 0 Å². The zero-order valence-electron chi connectivity index (χ0n) is 13.3. The van der Waals surface area contributed by atoms with Gasteiger partial charge in [-0.1, -0.05) is 41.9 Å². The average molecular weight is 333 g/mol. The fraction of sp³-hybridized carbons (Fsp3) is 0.412. The van der Waals surface area contributed by atoms with Gasteiger partial charge in [0, 0.05) is 32.7 Å². The fourth-order valence-electron chi connectivity index (χ4n) is 2.78. The summed E-state index contributed by atoms with van der Waals surface area (Å²) < 4.78 is 5.09. The molecule has 0 spiro atoms. The molecule has 0 amide bonds. The van der Waals surface area contributed by atoms with E-state index in [0.717, 1.165) is 45.0 Å². The minimum atomic E-state index is 0.357. The molecule has 0 bridgehead atoms. The fourth-order valence-corrected chi connectivity index (χ4v) is 2.99. The number of rotatable bonds is 5. The number of hydrogen-bond acceptors (Lipinski definition) is 5. The van der Waals surface area contributed by atoms with E-state index in [1.807, 2.05) is 0 Å². The van der Waals surface area contributed by atoms with Gasteiger partial charge >= 0.3 is 6.01 Å². The van der Waals surface area contributed by atoms with Crippen LogP contribution in [0, 0.1) is 0 Å². The van der Waals surface area contributed by atoms with Crippen molar-refractivity contribution < 1.29 is 4.74 Å². The molecule has 0 saturated carbocycles. The standard InChI is InChI=1S/C17H21ClN4O/c1-23-17-19-13-15(18)16(20-17)22-11-9-21(10-12-22)8-7-14-5-3-2-4-6-14/h2-6,13H,7-12H2,1H3. The molecule has 0 atom stereocenters. The molecule has 122 valence electrons. The molecule has 5 nitrogen and oxygen atoms in total. The summed E-state index contributed by atoms with van der Waals surface area (Å²) >= 11 is 6.23. The van der Waals surface area contributed by atoms with Gasteiger partial charge in [-0.05, 0) is 12.0 Å². The van der Waals surface area contributed by atoms with E-state index in [1.54, 1.807) is 13.3 Å². The Morgan fingerprint density at radius 1 is 1.13 bits per heavy atom. The van der Waals surface area contributed by atoms with E-state index >= 15 is 0 Å². The lowest BCUT2D eigenvalue weighted by Crippen LogP contribution is -2.47. The first-order valence-corrected chi connectivity index (χ1v) is 8.22. The molecular weight excluding hydrogens is 312 g/mol. The number of hydrogen-bond donors (Lipinski definition) is 0. The van der Waals surface area contributed by atoms with Crippen LogP contribution in [0.4, 0.5) is 5.82 Å². The zero-order chi connectivity index (χ0) is 16.1. The Labute approximate surface area is 141 Å². The third kappa shape index (κ3) is 4.12. The molecule has 0 N–H and O–H groups in total. The second-order valence-electron chi connectivity index (χ2n) is 5.59. The summed E-state index contributed by atoms with van der Waals surface area (Å²) in [6, 6.07) is 11.0. The molecular formula is C17H21ClN4O. The van der Waals surface area contributed by atoms with Crippen LogP contribution in [0.1, 0.15) is 5.56 Å². The van der Waals surface area contributed by atoms with Crippen molar-refractivity contribution in [3.63, 3.8) is 0 Å². The second kappa shape index (κ2) is 7.62. The number of piperazine rings is 1. The molecule has 1 aromatic carbocycles. The number of aromatic nitrogens is 2. The van der Waals surface area contributed by atoms with Crippen LogP contribution in [0.15, 0.2) is 36.5 Å². The van der Waals surface area contributed by atoms with Gasteiger partial charge < -0.3 is 9.64 Å². The average Bonchev–Trinajstić information content (AvgIpc) is 2.62. The van der Waals surface area contributed by atoms with Gasteiger partial charge in [0.15, 0.2) is 5.82 Å². The summed E-state index contributed by atoms with van der Waals surface area (Å²) in [4.78, 5) is 13.1. The van der Waals surface area contributed by atoms with Crippen molar-refractivity contribution >= 4 is 17.4 Å². The summed E-state index contributed by atoms with van der Waals surface area (Å²) in [5, 5.41) is 0.573. The lowest BCUT2D eigenvalue weighted by Gasteiger charge is -2.35. The maximum atomic E-state index is 6.23. The predicted octanol–water partition coefficient (Wildman–Crippen LogP) is 2.50. The first-order valence-electron chi connectivity index (χ1n) is 7.84. The summed E-state index contributed by atoms with van der Waals surface area (Å²) in [6.45, 7) is 4.92. The summed E-state index contributed by atoms with van der Waals surface area (Å²) in [6.07, 6.45) is 2.69. The van der Waals surface area contributed by atoms with Crippen molar-refractivity contribution in [3.8, 4) is 6.01 Å². The van der Waals surface area contributed by atoms with E-state index in [0.29, 0.717) is 11.0 Å². The number of anilines is 1. The molecule has 0 radical (unpaired) electrons. The van der Waals surface area contributed by atoms with Gasteiger partial charge in [0.1, 0.15) is 5.02 Å². The third-order valence-corrected chi connectivity index (χ3v) is 4.38. The van der Waals surface area contributed by atoms with Gasteiger partial charge in [-0.25, -0.2) is 4.98 Å². The molecule has 3 rings (SSSR count). The number of ether oxygens (including phenoxy) is 1. The van der Waals surface area contributed by atoms with Crippen molar-refractivity contribution in [2.24, 2.45) is 0 Å². The van der Waals surface area contributed by atoms with E-state index in [4.69, 9.17) is 16.3 Å². The normalized spacial score (nSPS) is 15.7. The predicted molar refractivity (Wildman–Crippen MR) is 92.4 cm³/mol. The van der Waals surface area contributed by atoms with Crippen LogP contribution >= 0.6 is 11.6 Å². The largest absolute Gasteiger partial charge is 0.467 e. The lowest BCUT2D eigenvalue weighted by molar-refractivity contribution is 0.260. The Kier molecular flexibility index (Phi) is 5.31. The molecule has 2 heterocycles. The Hall–Kier alpha value is -1.85. The second-order valence-corrected chi connectivity index (χ2v) is 6.00. The maximum Gasteiger partial charge on any atom is 0.318 e. The van der Waals surface area contributed by atoms with Gasteiger partial charge in [0.2, 0.25) is 0 Å². The lowest BCUT2D eigenvalue weighted by atomic mass is 10.1. The number of methoxy groups -OCH3 is 1. The van der Waals surface area contributed by atoms with E-state index < -0.39 is 0 Å². The molecule has 2 aromatic rings. The first kappa shape index (κ1) is 16.0. The highest BCUT2D eigenvalue weighted by Crippen LogP contribution is 2.25. The van der Waals surface area contributed by atoms with E-state index in [2.05, 4.69) is 50.1 Å². The van der Waals surface area contributed by atoms with Crippen LogP contribution in [0.2, 0.25) is 5.02 Å². The van der Waals surface area contributed by atoms with Gasteiger partial charge in [0.05, 0.1) is 13.3 Å². The molecule has 1 aliphatic heterocycles. The van der Waals surface area contributed by atoms with Gasteiger partial charge in [-0.15, -0.1) is 0 Å². The number of benzene rings is 1. The molecule has 23 heavy (non-hydrogen) atoms. The summed E-state index contributed by atoms with van der Waals surface area (Å²) in [5.74, 6) is 0.765. The van der Waals surface area contributed by atoms with E-state index in [-0.39, 0.29) is 0 Å². The molecule has 1 saturated heterocycles. The third-order valence-electron chi connectivity index (χ3n) is 4.12. The van der Waals surface area contributed by atoms with Crippen LogP contribution in [0.5, 0.6) is 6.01 Å². The van der Waals surface area contributed by atoms with Gasteiger partial charge in [-0.3, -0.25) is 4.90 Å². The highest BCUT2D eigenvalue weighted by atomic mass is 35.5. The first-order chi connectivity index (χ1) is 11.3. The van der Waals surface area contributed by atoms with Gasteiger partial charge in [-0.2, -0.15) is 4.98 Å². The van der Waals surface area contributed by atoms with Crippen molar-refractivity contribution in [1.82, 2.24) is 14.9 Å². The SMILES string of the molecule is COc1ncc(Cl)c(N2CCN(CCc3ccccc3)CC2)n1. The Morgan fingerprint density at radius 3 is 2.57 bits per heavy atom. The minimum Gasteiger partial charge on any atom is -0.467 e. The zero-order valence-corrected chi connectivity index (χ0v) is 14.0. The number of nitrogens with zero attached hydrogens (tertiary/aromatic N) is 4. The molecule has 6 heteroatoms. The summed E-state index contributed by atoms with van der Waals surface area (Å²) in [5.41, 5.74) is 1.39. The Balaban J connectivity index is 1.54. The van der Waals surface area contributed by atoms with Crippen LogP contribution in [-0.2, 0) is 6.42 Å². The van der Waals surface area contributed by atoms with E-state index in [1.165, 1.54) is 5.56 Å². The van der Waals surface area contributed by atoms with E-state index in [9.17, 15) is 0 Å². The smallest absolute Gasteiger partial charge is 0.318 e. The summed E-state index contributed by atoms with van der Waals surface area (Å²) in [7, 11) is 1.56.